The summed E-state index contributed by atoms with van der Waals surface area (Å²) < 4.78 is 5.01. The second-order valence-electron chi connectivity index (χ2n) is 3.98. The SMILES string of the molecule is CCCNc1cc(NCCCCOC)ccn1. The highest BCUT2D eigenvalue weighted by Crippen LogP contribution is 2.11. The van der Waals surface area contributed by atoms with Gasteiger partial charge < -0.3 is 15.4 Å². The van der Waals surface area contributed by atoms with Gasteiger partial charge in [-0.15, -0.1) is 0 Å². The summed E-state index contributed by atoms with van der Waals surface area (Å²) in [6.45, 7) is 4.91. The fourth-order valence-corrected chi connectivity index (χ4v) is 1.49. The number of methoxy groups -OCH3 is 1. The second kappa shape index (κ2) is 8.82. The standard InChI is InChI=1S/C13H23N3O/c1-3-7-15-13-11-12(6-9-16-13)14-8-4-5-10-17-2/h6,9,11H,3-5,7-8,10H2,1-2H3,(H2,14,15,16). The van der Waals surface area contributed by atoms with Crippen molar-refractivity contribution in [2.75, 3.05) is 37.4 Å². The highest BCUT2D eigenvalue weighted by Gasteiger charge is 1.96. The summed E-state index contributed by atoms with van der Waals surface area (Å²) >= 11 is 0. The zero-order chi connectivity index (χ0) is 12.3. The van der Waals surface area contributed by atoms with Crippen LogP contribution in [0.5, 0.6) is 0 Å². The first-order valence-electron chi connectivity index (χ1n) is 6.29. The predicted octanol–water partition coefficient (Wildman–Crippen LogP) is 2.74. The van der Waals surface area contributed by atoms with E-state index < -0.39 is 0 Å². The summed E-state index contributed by atoms with van der Waals surface area (Å²) in [6, 6.07) is 4.04. The van der Waals surface area contributed by atoms with Gasteiger partial charge in [0.1, 0.15) is 5.82 Å². The average Bonchev–Trinajstić information content (AvgIpc) is 2.37. The Balaban J connectivity index is 2.27. The Hall–Kier alpha value is -1.29. The van der Waals surface area contributed by atoms with Gasteiger partial charge in [0, 0.05) is 44.8 Å². The molecule has 0 aromatic carbocycles. The molecule has 96 valence electrons. The van der Waals surface area contributed by atoms with Crippen molar-refractivity contribution in [1.29, 1.82) is 0 Å². The minimum absolute atomic E-state index is 0.835. The first-order valence-corrected chi connectivity index (χ1v) is 6.29. The van der Waals surface area contributed by atoms with E-state index in [1.54, 1.807) is 7.11 Å². The molecule has 4 heteroatoms. The number of nitrogens with zero attached hydrogens (tertiary/aromatic N) is 1. The van der Waals surface area contributed by atoms with Crippen molar-refractivity contribution in [2.24, 2.45) is 0 Å². The molecule has 0 saturated heterocycles. The van der Waals surface area contributed by atoms with Crippen LogP contribution in [-0.4, -0.2) is 31.8 Å². The number of aromatic nitrogens is 1. The third kappa shape index (κ3) is 6.12. The summed E-state index contributed by atoms with van der Waals surface area (Å²) in [4.78, 5) is 4.26. The molecule has 0 aliphatic heterocycles. The molecule has 1 aromatic heterocycles. The van der Waals surface area contributed by atoms with Crippen molar-refractivity contribution in [3.63, 3.8) is 0 Å². The van der Waals surface area contributed by atoms with Crippen LogP contribution in [0.2, 0.25) is 0 Å². The molecule has 0 saturated carbocycles. The van der Waals surface area contributed by atoms with E-state index in [2.05, 4.69) is 22.5 Å². The molecular weight excluding hydrogens is 214 g/mol. The molecule has 0 aliphatic rings. The van der Waals surface area contributed by atoms with Gasteiger partial charge in [-0.3, -0.25) is 0 Å². The van der Waals surface area contributed by atoms with Gasteiger partial charge in [0.05, 0.1) is 0 Å². The Kier molecular flexibility index (Phi) is 7.14. The topological polar surface area (TPSA) is 46.2 Å². The molecular formula is C13H23N3O. The first-order chi connectivity index (χ1) is 8.36. The number of anilines is 2. The lowest BCUT2D eigenvalue weighted by molar-refractivity contribution is 0.194. The van der Waals surface area contributed by atoms with Crippen molar-refractivity contribution in [1.82, 2.24) is 4.98 Å². The minimum Gasteiger partial charge on any atom is -0.385 e. The molecule has 0 unspecified atom stereocenters. The summed E-state index contributed by atoms with van der Waals surface area (Å²) in [6.07, 6.45) is 5.15. The number of nitrogens with one attached hydrogen (secondary N) is 2. The maximum atomic E-state index is 5.01. The summed E-state index contributed by atoms with van der Waals surface area (Å²) in [7, 11) is 1.74. The lowest BCUT2D eigenvalue weighted by Crippen LogP contribution is -2.05. The van der Waals surface area contributed by atoms with Gasteiger partial charge in [0.25, 0.3) is 0 Å². The van der Waals surface area contributed by atoms with Gasteiger partial charge in [-0.05, 0) is 25.3 Å². The zero-order valence-corrected chi connectivity index (χ0v) is 10.8. The van der Waals surface area contributed by atoms with E-state index in [1.807, 2.05) is 18.3 Å². The summed E-state index contributed by atoms with van der Waals surface area (Å²) in [5.74, 6) is 0.939. The molecule has 2 N–H and O–H groups in total. The molecule has 0 spiro atoms. The van der Waals surface area contributed by atoms with E-state index in [4.69, 9.17) is 4.74 Å². The second-order valence-corrected chi connectivity index (χ2v) is 3.98. The molecule has 0 amide bonds. The predicted molar refractivity (Wildman–Crippen MR) is 72.6 cm³/mol. The van der Waals surface area contributed by atoms with Gasteiger partial charge in [0.15, 0.2) is 0 Å². The number of ether oxygens (including phenoxy) is 1. The summed E-state index contributed by atoms with van der Waals surface area (Å²) in [5.41, 5.74) is 1.12. The monoisotopic (exact) mass is 237 g/mol. The number of hydrogen-bond donors (Lipinski definition) is 2. The van der Waals surface area contributed by atoms with Crippen molar-refractivity contribution in [3.8, 4) is 0 Å². The fourth-order valence-electron chi connectivity index (χ4n) is 1.49. The number of hydrogen-bond acceptors (Lipinski definition) is 4. The highest BCUT2D eigenvalue weighted by atomic mass is 16.5. The Morgan fingerprint density at radius 1 is 1.24 bits per heavy atom. The maximum absolute atomic E-state index is 5.01. The van der Waals surface area contributed by atoms with Crippen LogP contribution < -0.4 is 10.6 Å². The molecule has 17 heavy (non-hydrogen) atoms. The maximum Gasteiger partial charge on any atom is 0.127 e. The molecule has 0 fully saturated rings. The molecule has 1 aromatic rings. The normalized spacial score (nSPS) is 10.2. The lowest BCUT2D eigenvalue weighted by atomic mass is 10.3. The number of rotatable bonds is 9. The van der Waals surface area contributed by atoms with Gasteiger partial charge in [0.2, 0.25) is 0 Å². The molecule has 0 bridgehead atoms. The molecule has 1 heterocycles. The van der Waals surface area contributed by atoms with E-state index in [0.717, 1.165) is 50.5 Å². The fraction of sp³-hybridized carbons (Fsp3) is 0.615. The minimum atomic E-state index is 0.835. The van der Waals surface area contributed by atoms with Gasteiger partial charge in [-0.25, -0.2) is 4.98 Å². The molecule has 0 aliphatic carbocycles. The smallest absolute Gasteiger partial charge is 0.127 e. The number of unbranched alkanes of at least 4 members (excludes halogenated alkanes) is 1. The van der Waals surface area contributed by atoms with Crippen LogP contribution in [0.15, 0.2) is 18.3 Å². The van der Waals surface area contributed by atoms with Crippen molar-refractivity contribution in [2.45, 2.75) is 26.2 Å². The van der Waals surface area contributed by atoms with Crippen molar-refractivity contribution >= 4 is 11.5 Å². The van der Waals surface area contributed by atoms with Crippen LogP contribution in [-0.2, 0) is 4.74 Å². The third-order valence-electron chi connectivity index (χ3n) is 2.42. The van der Waals surface area contributed by atoms with Gasteiger partial charge in [-0.1, -0.05) is 6.92 Å². The highest BCUT2D eigenvalue weighted by molar-refractivity contribution is 5.51. The van der Waals surface area contributed by atoms with Crippen molar-refractivity contribution in [3.05, 3.63) is 18.3 Å². The van der Waals surface area contributed by atoms with E-state index in [1.165, 1.54) is 0 Å². The van der Waals surface area contributed by atoms with Crippen LogP contribution in [0.25, 0.3) is 0 Å². The van der Waals surface area contributed by atoms with Crippen LogP contribution in [0.3, 0.4) is 0 Å². The molecule has 4 nitrogen and oxygen atoms in total. The Labute approximate surface area is 104 Å². The lowest BCUT2D eigenvalue weighted by Gasteiger charge is -2.08. The van der Waals surface area contributed by atoms with E-state index in [0.29, 0.717) is 0 Å². The van der Waals surface area contributed by atoms with Gasteiger partial charge in [-0.2, -0.15) is 0 Å². The zero-order valence-electron chi connectivity index (χ0n) is 10.8. The van der Waals surface area contributed by atoms with Gasteiger partial charge >= 0.3 is 0 Å². The van der Waals surface area contributed by atoms with Crippen LogP contribution in [0, 0.1) is 0 Å². The largest absolute Gasteiger partial charge is 0.385 e. The molecule has 0 radical (unpaired) electrons. The molecule has 0 atom stereocenters. The third-order valence-corrected chi connectivity index (χ3v) is 2.42. The van der Waals surface area contributed by atoms with Crippen LogP contribution in [0.1, 0.15) is 26.2 Å². The van der Waals surface area contributed by atoms with Crippen LogP contribution in [0.4, 0.5) is 11.5 Å². The van der Waals surface area contributed by atoms with Crippen LogP contribution >= 0.6 is 0 Å². The number of pyridine rings is 1. The Morgan fingerprint density at radius 2 is 2.12 bits per heavy atom. The van der Waals surface area contributed by atoms with E-state index >= 15 is 0 Å². The average molecular weight is 237 g/mol. The summed E-state index contributed by atoms with van der Waals surface area (Å²) in [5, 5.41) is 6.66. The first kappa shape index (κ1) is 13.8. The van der Waals surface area contributed by atoms with E-state index in [-0.39, 0.29) is 0 Å². The quantitative estimate of drug-likeness (QED) is 0.648. The van der Waals surface area contributed by atoms with E-state index in [9.17, 15) is 0 Å². The molecule has 1 rings (SSSR count). The Bertz CT molecular complexity index is 304. The Morgan fingerprint density at radius 3 is 2.88 bits per heavy atom. The van der Waals surface area contributed by atoms with Crippen molar-refractivity contribution < 1.29 is 4.74 Å².